The fourth-order valence-electron chi connectivity index (χ4n) is 4.48. The van der Waals surface area contributed by atoms with Gasteiger partial charge in [0.2, 0.25) is 0 Å². The maximum Gasteiger partial charge on any atom is 0.181 e. The zero-order valence-electron chi connectivity index (χ0n) is 20.6. The Bertz CT molecular complexity index is 1400. The molecule has 6 heteroatoms. The molecule has 6 nitrogen and oxygen atoms in total. The predicted octanol–water partition coefficient (Wildman–Crippen LogP) is 6.23. The summed E-state index contributed by atoms with van der Waals surface area (Å²) in [5.74, 6) is 3.21. The number of benzene rings is 2. The van der Waals surface area contributed by atoms with E-state index in [0.29, 0.717) is 0 Å². The molecule has 172 valence electrons. The van der Waals surface area contributed by atoms with E-state index in [9.17, 15) is 0 Å². The van der Waals surface area contributed by atoms with E-state index in [1.165, 1.54) is 33.4 Å². The van der Waals surface area contributed by atoms with Gasteiger partial charge in [-0.2, -0.15) is 10.2 Å². The van der Waals surface area contributed by atoms with Gasteiger partial charge in [-0.3, -0.25) is 10.2 Å². The summed E-state index contributed by atoms with van der Waals surface area (Å²) >= 11 is 0. The molecule has 1 aliphatic carbocycles. The number of rotatable bonds is 4. The predicted molar refractivity (Wildman–Crippen MR) is 137 cm³/mol. The fourth-order valence-corrected chi connectivity index (χ4v) is 4.48. The largest absolute Gasteiger partial charge is 0.262 e. The highest BCUT2D eigenvalue weighted by atomic mass is 15.2. The number of aryl methyl sites for hydroxylation is 4. The van der Waals surface area contributed by atoms with Crippen LogP contribution in [-0.2, 0) is 0 Å². The Morgan fingerprint density at radius 1 is 0.706 bits per heavy atom. The standard InChI is InChI=1S/C28H30N6/c1-15-10-23(11-16(2)19(15)5)27-29-25(31-33-27)21-8-7-9-22(14-21)26-30-28(34-32-26)24-12-17(3)20(6)18(4)13-24/h7-13,21H,14H2,1-6H3,(H,29,31,33)(H,30,32,34). The van der Waals surface area contributed by atoms with Crippen LogP contribution in [-0.4, -0.2) is 30.4 Å². The number of aromatic amines is 2. The number of allylic oxidation sites excluding steroid dienone is 4. The molecule has 1 unspecified atom stereocenters. The van der Waals surface area contributed by atoms with Crippen molar-refractivity contribution >= 4 is 5.57 Å². The second-order valence-electron chi connectivity index (χ2n) is 9.41. The summed E-state index contributed by atoms with van der Waals surface area (Å²) < 4.78 is 0. The molecule has 1 atom stereocenters. The number of H-pyrrole nitrogens is 2. The van der Waals surface area contributed by atoms with Crippen molar-refractivity contribution in [1.29, 1.82) is 0 Å². The second-order valence-corrected chi connectivity index (χ2v) is 9.41. The first kappa shape index (κ1) is 22.0. The van der Waals surface area contributed by atoms with E-state index in [4.69, 9.17) is 9.97 Å². The molecule has 2 aromatic carbocycles. The minimum absolute atomic E-state index is 0.103. The van der Waals surface area contributed by atoms with E-state index in [2.05, 4.69) is 104 Å². The highest BCUT2D eigenvalue weighted by Crippen LogP contribution is 2.33. The third-order valence-electron chi connectivity index (χ3n) is 7.09. The first-order chi connectivity index (χ1) is 16.3. The molecule has 0 fully saturated rings. The van der Waals surface area contributed by atoms with Crippen molar-refractivity contribution in [2.45, 2.75) is 53.9 Å². The molecule has 0 spiro atoms. The van der Waals surface area contributed by atoms with Crippen LogP contribution < -0.4 is 0 Å². The summed E-state index contributed by atoms with van der Waals surface area (Å²) in [4.78, 5) is 9.64. The molecule has 5 rings (SSSR count). The lowest BCUT2D eigenvalue weighted by atomic mass is 9.93. The number of hydrogen-bond donors (Lipinski definition) is 2. The van der Waals surface area contributed by atoms with Gasteiger partial charge in [-0.15, -0.1) is 0 Å². The first-order valence-electron chi connectivity index (χ1n) is 11.7. The third kappa shape index (κ3) is 4.00. The SMILES string of the molecule is Cc1cc(-c2n[nH]c(C3=CC=CC(c4nc(-c5cc(C)c(C)c(C)c5)n[nH]4)C3)n2)cc(C)c1C. The molecule has 1 aliphatic rings. The van der Waals surface area contributed by atoms with Gasteiger partial charge >= 0.3 is 0 Å². The van der Waals surface area contributed by atoms with Gasteiger partial charge in [0.1, 0.15) is 5.82 Å². The van der Waals surface area contributed by atoms with Crippen LogP contribution >= 0.6 is 0 Å². The fraction of sp³-hybridized carbons (Fsp3) is 0.286. The lowest BCUT2D eigenvalue weighted by Crippen LogP contribution is -2.04. The van der Waals surface area contributed by atoms with Crippen LogP contribution in [0.4, 0.5) is 0 Å². The van der Waals surface area contributed by atoms with Crippen molar-refractivity contribution in [3.05, 3.63) is 87.5 Å². The Balaban J connectivity index is 1.37. The van der Waals surface area contributed by atoms with Gasteiger partial charge in [0.15, 0.2) is 17.5 Å². The van der Waals surface area contributed by atoms with Gasteiger partial charge in [0, 0.05) is 17.0 Å². The highest BCUT2D eigenvalue weighted by Gasteiger charge is 2.21. The lowest BCUT2D eigenvalue weighted by molar-refractivity contribution is 0.783. The number of aromatic nitrogens is 6. The molecule has 0 aliphatic heterocycles. The minimum atomic E-state index is 0.103. The molecule has 0 amide bonds. The molecule has 34 heavy (non-hydrogen) atoms. The summed E-state index contributed by atoms with van der Waals surface area (Å²) in [6.07, 6.45) is 7.09. The Morgan fingerprint density at radius 2 is 1.24 bits per heavy atom. The van der Waals surface area contributed by atoms with Crippen molar-refractivity contribution in [2.75, 3.05) is 0 Å². The quantitative estimate of drug-likeness (QED) is 0.386. The molecule has 4 aromatic rings. The van der Waals surface area contributed by atoms with Gasteiger partial charge < -0.3 is 0 Å². The molecule has 0 saturated carbocycles. The van der Waals surface area contributed by atoms with Crippen molar-refractivity contribution in [3.63, 3.8) is 0 Å². The molecule has 0 saturated heterocycles. The lowest BCUT2D eigenvalue weighted by Gasteiger charge is -2.14. The molecular weight excluding hydrogens is 420 g/mol. The van der Waals surface area contributed by atoms with Crippen LogP contribution in [0.3, 0.4) is 0 Å². The van der Waals surface area contributed by atoms with Crippen LogP contribution in [0.5, 0.6) is 0 Å². The molecule has 0 radical (unpaired) electrons. The van der Waals surface area contributed by atoms with Crippen LogP contribution in [0, 0.1) is 41.5 Å². The molecular formula is C28H30N6. The zero-order chi connectivity index (χ0) is 24.0. The second kappa shape index (κ2) is 8.52. The molecule has 2 N–H and O–H groups in total. The van der Waals surface area contributed by atoms with Crippen molar-refractivity contribution in [1.82, 2.24) is 30.4 Å². The van der Waals surface area contributed by atoms with Gasteiger partial charge in [-0.25, -0.2) is 9.97 Å². The average molecular weight is 451 g/mol. The Hall–Kier alpha value is -3.80. The van der Waals surface area contributed by atoms with Crippen molar-refractivity contribution < 1.29 is 0 Å². The summed E-state index contributed by atoms with van der Waals surface area (Å²) in [6, 6.07) is 8.61. The maximum atomic E-state index is 4.83. The van der Waals surface area contributed by atoms with E-state index < -0.39 is 0 Å². The monoisotopic (exact) mass is 450 g/mol. The van der Waals surface area contributed by atoms with Gasteiger partial charge in [-0.05, 0) is 111 Å². The van der Waals surface area contributed by atoms with Gasteiger partial charge in [-0.1, -0.05) is 18.2 Å². The van der Waals surface area contributed by atoms with Crippen LogP contribution in [0.15, 0.2) is 42.5 Å². The molecule has 2 heterocycles. The third-order valence-corrected chi connectivity index (χ3v) is 7.09. The van der Waals surface area contributed by atoms with Gasteiger partial charge in [0.05, 0.1) is 0 Å². The maximum absolute atomic E-state index is 4.83. The zero-order valence-corrected chi connectivity index (χ0v) is 20.6. The summed E-state index contributed by atoms with van der Waals surface area (Å²) in [5.41, 5.74) is 10.8. The van der Waals surface area contributed by atoms with Crippen molar-refractivity contribution in [2.24, 2.45) is 0 Å². The Labute approximate surface area is 200 Å². The van der Waals surface area contributed by atoms with Crippen molar-refractivity contribution in [3.8, 4) is 22.8 Å². The molecule has 0 bridgehead atoms. The first-order valence-corrected chi connectivity index (χ1v) is 11.7. The average Bonchev–Trinajstić information content (AvgIpc) is 3.51. The minimum Gasteiger partial charge on any atom is -0.262 e. The number of nitrogens with one attached hydrogen (secondary N) is 2. The van der Waals surface area contributed by atoms with E-state index >= 15 is 0 Å². The van der Waals surface area contributed by atoms with Crippen LogP contribution in [0.25, 0.3) is 28.3 Å². The smallest absolute Gasteiger partial charge is 0.181 e. The van der Waals surface area contributed by atoms with E-state index in [1.54, 1.807) is 0 Å². The topological polar surface area (TPSA) is 83.1 Å². The van der Waals surface area contributed by atoms with E-state index in [1.807, 2.05) is 0 Å². The summed E-state index contributed by atoms with van der Waals surface area (Å²) in [5, 5.41) is 15.3. The Morgan fingerprint density at radius 3 is 1.82 bits per heavy atom. The molecule has 2 aromatic heterocycles. The van der Waals surface area contributed by atoms with Gasteiger partial charge in [0.25, 0.3) is 0 Å². The number of hydrogen-bond acceptors (Lipinski definition) is 4. The summed E-state index contributed by atoms with van der Waals surface area (Å²) in [6.45, 7) is 12.8. The van der Waals surface area contributed by atoms with E-state index in [0.717, 1.165) is 46.4 Å². The van der Waals surface area contributed by atoms with Crippen LogP contribution in [0.2, 0.25) is 0 Å². The Kier molecular flexibility index (Phi) is 5.52. The normalized spacial score (nSPS) is 15.6. The highest BCUT2D eigenvalue weighted by molar-refractivity contribution is 5.67. The number of nitrogens with zero attached hydrogens (tertiary/aromatic N) is 4. The van der Waals surface area contributed by atoms with E-state index in [-0.39, 0.29) is 5.92 Å². The van der Waals surface area contributed by atoms with Crippen LogP contribution in [0.1, 0.15) is 57.4 Å². The summed E-state index contributed by atoms with van der Waals surface area (Å²) in [7, 11) is 0.